The lowest BCUT2D eigenvalue weighted by Gasteiger charge is -2.21. The fourth-order valence-corrected chi connectivity index (χ4v) is 3.42. The van der Waals surface area contributed by atoms with Crippen LogP contribution in [0.4, 0.5) is 4.79 Å². The molecule has 3 aromatic carbocycles. The number of carbonyl (C=O) groups is 4. The van der Waals surface area contributed by atoms with Crippen LogP contribution in [0, 0.1) is 0 Å². The molecule has 0 fully saturated rings. The molecule has 9 nitrogen and oxygen atoms in total. The molecule has 192 valence electrons. The highest BCUT2D eigenvalue weighted by Crippen LogP contribution is 2.07. The number of hydrogen-bond donors (Lipinski definition) is 3. The van der Waals surface area contributed by atoms with Crippen LogP contribution in [-0.4, -0.2) is 36.0 Å². The number of rotatable bonds is 12. The van der Waals surface area contributed by atoms with Crippen molar-refractivity contribution in [1.29, 1.82) is 0 Å². The zero-order chi connectivity index (χ0) is 26.5. The smallest absolute Gasteiger partial charge is 0.408 e. The summed E-state index contributed by atoms with van der Waals surface area (Å²) in [6, 6.07) is 24.7. The summed E-state index contributed by atoms with van der Waals surface area (Å²) in [7, 11) is 0. The lowest BCUT2D eigenvalue weighted by molar-refractivity contribution is -0.147. The summed E-state index contributed by atoms with van der Waals surface area (Å²) in [6.07, 6.45) is -1.14. The average molecular weight is 504 g/mol. The van der Waals surface area contributed by atoms with Gasteiger partial charge in [0, 0.05) is 6.42 Å². The van der Waals surface area contributed by atoms with Gasteiger partial charge in [-0.2, -0.15) is 0 Å². The Kier molecular flexibility index (Phi) is 10.2. The molecular formula is C28H29N3O6. The molecule has 9 heteroatoms. The molecule has 0 spiro atoms. The fraction of sp³-hybridized carbons (Fsp3) is 0.214. The van der Waals surface area contributed by atoms with E-state index in [0.29, 0.717) is 0 Å². The Morgan fingerprint density at radius 1 is 0.649 bits per heavy atom. The minimum atomic E-state index is -1.32. The maximum atomic E-state index is 13.1. The van der Waals surface area contributed by atoms with Gasteiger partial charge >= 0.3 is 12.1 Å². The number of hydrogen-bond acceptors (Lipinski definition) is 6. The second kappa shape index (κ2) is 14.0. The summed E-state index contributed by atoms with van der Waals surface area (Å²) in [6.45, 7) is 0.0358. The second-order valence-electron chi connectivity index (χ2n) is 8.26. The highest BCUT2D eigenvalue weighted by Gasteiger charge is 2.28. The topological polar surface area (TPSA) is 137 Å². The van der Waals surface area contributed by atoms with E-state index in [2.05, 4.69) is 10.6 Å². The molecule has 3 aromatic rings. The van der Waals surface area contributed by atoms with Crippen molar-refractivity contribution in [1.82, 2.24) is 10.6 Å². The molecule has 37 heavy (non-hydrogen) atoms. The molecule has 3 rings (SSSR count). The third-order valence-corrected chi connectivity index (χ3v) is 5.38. The van der Waals surface area contributed by atoms with Crippen LogP contribution >= 0.6 is 0 Å². The van der Waals surface area contributed by atoms with E-state index in [4.69, 9.17) is 15.2 Å². The van der Waals surface area contributed by atoms with Crippen molar-refractivity contribution in [3.8, 4) is 0 Å². The monoisotopic (exact) mass is 503 g/mol. The molecule has 0 saturated heterocycles. The average Bonchev–Trinajstić information content (AvgIpc) is 2.91. The Labute approximate surface area is 215 Å². The first kappa shape index (κ1) is 26.9. The number of ether oxygens (including phenoxy) is 2. The number of amides is 3. The fourth-order valence-electron chi connectivity index (χ4n) is 3.42. The van der Waals surface area contributed by atoms with Crippen LogP contribution in [0.2, 0.25) is 0 Å². The van der Waals surface area contributed by atoms with Crippen molar-refractivity contribution in [2.75, 3.05) is 0 Å². The van der Waals surface area contributed by atoms with Gasteiger partial charge in [-0.05, 0) is 16.7 Å². The van der Waals surface area contributed by atoms with Crippen molar-refractivity contribution in [2.45, 2.75) is 38.1 Å². The van der Waals surface area contributed by atoms with Crippen molar-refractivity contribution in [3.63, 3.8) is 0 Å². The van der Waals surface area contributed by atoms with Crippen LogP contribution in [-0.2, 0) is 43.5 Å². The van der Waals surface area contributed by atoms with Crippen LogP contribution in [0.15, 0.2) is 91.0 Å². The van der Waals surface area contributed by atoms with Gasteiger partial charge in [-0.15, -0.1) is 0 Å². The summed E-state index contributed by atoms with van der Waals surface area (Å²) in [5, 5.41) is 5.00. The quantitative estimate of drug-likeness (QED) is 0.325. The molecule has 0 heterocycles. The molecule has 0 aliphatic carbocycles. The van der Waals surface area contributed by atoms with Gasteiger partial charge in [-0.3, -0.25) is 14.4 Å². The highest BCUT2D eigenvalue weighted by atomic mass is 16.5. The first-order valence-electron chi connectivity index (χ1n) is 11.7. The van der Waals surface area contributed by atoms with Crippen LogP contribution in [0.3, 0.4) is 0 Å². The molecule has 4 N–H and O–H groups in total. The highest BCUT2D eigenvalue weighted by molar-refractivity contribution is 5.93. The third kappa shape index (κ3) is 9.48. The van der Waals surface area contributed by atoms with Crippen LogP contribution in [0.1, 0.15) is 23.1 Å². The molecule has 0 aliphatic heterocycles. The molecule has 0 bridgehead atoms. The van der Waals surface area contributed by atoms with E-state index in [1.807, 2.05) is 30.3 Å². The van der Waals surface area contributed by atoms with Gasteiger partial charge < -0.3 is 25.8 Å². The van der Waals surface area contributed by atoms with E-state index < -0.39 is 42.4 Å². The van der Waals surface area contributed by atoms with E-state index in [0.717, 1.165) is 16.7 Å². The largest absolute Gasteiger partial charge is 0.461 e. The molecule has 0 radical (unpaired) electrons. The van der Waals surface area contributed by atoms with E-state index >= 15 is 0 Å². The number of alkyl carbamates (subject to hydrolysis) is 1. The van der Waals surface area contributed by atoms with E-state index in [1.165, 1.54) is 0 Å². The van der Waals surface area contributed by atoms with Crippen LogP contribution < -0.4 is 16.4 Å². The van der Waals surface area contributed by atoms with Gasteiger partial charge in [-0.25, -0.2) is 4.79 Å². The Morgan fingerprint density at radius 2 is 1.14 bits per heavy atom. The Balaban J connectivity index is 1.61. The maximum absolute atomic E-state index is 13.1. The lowest BCUT2D eigenvalue weighted by Crippen LogP contribution is -2.54. The Morgan fingerprint density at radius 3 is 1.65 bits per heavy atom. The number of benzene rings is 3. The van der Waals surface area contributed by atoms with E-state index in [-0.39, 0.29) is 19.6 Å². The number of carbonyl (C=O) groups excluding carboxylic acids is 4. The second-order valence-corrected chi connectivity index (χ2v) is 8.26. The minimum Gasteiger partial charge on any atom is -0.461 e. The molecule has 0 aromatic heterocycles. The Bertz CT molecular complexity index is 1170. The maximum Gasteiger partial charge on any atom is 0.408 e. The number of esters is 1. The van der Waals surface area contributed by atoms with Gasteiger partial charge in [0.1, 0.15) is 25.3 Å². The molecule has 0 aliphatic rings. The first-order chi connectivity index (χ1) is 17.9. The van der Waals surface area contributed by atoms with Crippen molar-refractivity contribution in [2.24, 2.45) is 5.73 Å². The molecule has 3 amide bonds. The summed E-state index contributed by atoms with van der Waals surface area (Å²) >= 11 is 0. The predicted octanol–water partition coefficient (Wildman–Crippen LogP) is 2.63. The van der Waals surface area contributed by atoms with Gasteiger partial charge in [0.25, 0.3) is 0 Å². The molecule has 2 unspecified atom stereocenters. The van der Waals surface area contributed by atoms with Crippen LogP contribution in [0.25, 0.3) is 0 Å². The minimum absolute atomic E-state index is 0.0174. The van der Waals surface area contributed by atoms with Gasteiger partial charge in [0.2, 0.25) is 11.8 Å². The van der Waals surface area contributed by atoms with Gasteiger partial charge in [-0.1, -0.05) is 91.0 Å². The van der Waals surface area contributed by atoms with Gasteiger partial charge in [0.15, 0.2) is 0 Å². The zero-order valence-electron chi connectivity index (χ0n) is 20.2. The lowest BCUT2D eigenvalue weighted by atomic mass is 10.0. The molecule has 0 saturated carbocycles. The summed E-state index contributed by atoms with van der Waals surface area (Å²) in [4.78, 5) is 49.8. The number of primary amides is 1. The first-order valence-corrected chi connectivity index (χ1v) is 11.7. The van der Waals surface area contributed by atoms with E-state index in [9.17, 15) is 19.2 Å². The molecule has 2 atom stereocenters. The predicted molar refractivity (Wildman–Crippen MR) is 136 cm³/mol. The van der Waals surface area contributed by atoms with Crippen LogP contribution in [0.5, 0.6) is 0 Å². The van der Waals surface area contributed by atoms with Crippen molar-refractivity contribution in [3.05, 3.63) is 108 Å². The van der Waals surface area contributed by atoms with E-state index in [1.54, 1.807) is 60.7 Å². The SMILES string of the molecule is NC(=O)C(CC(=O)OCc1ccccc1)NC(=O)C(Cc1ccccc1)NC(=O)OCc1ccccc1. The molecular weight excluding hydrogens is 474 g/mol. The third-order valence-electron chi connectivity index (χ3n) is 5.38. The van der Waals surface area contributed by atoms with Crippen molar-refractivity contribution < 1.29 is 28.7 Å². The standard InChI is InChI=1S/C28H29N3O6/c29-26(33)23(17-25(32)36-18-21-12-6-2-7-13-21)30-27(34)24(16-20-10-4-1-5-11-20)31-28(35)37-19-22-14-8-3-9-15-22/h1-15,23-24H,16-19H2,(H2,29,33)(H,30,34)(H,31,35). The zero-order valence-corrected chi connectivity index (χ0v) is 20.2. The van der Waals surface area contributed by atoms with Crippen molar-refractivity contribution >= 4 is 23.9 Å². The normalized spacial score (nSPS) is 12.0. The summed E-state index contributed by atoms with van der Waals surface area (Å²) in [5.41, 5.74) is 7.76. The number of nitrogens with two attached hydrogens (primary N) is 1. The Hall–Kier alpha value is -4.66. The van der Waals surface area contributed by atoms with Gasteiger partial charge in [0.05, 0.1) is 6.42 Å². The number of nitrogens with one attached hydrogen (secondary N) is 2. The summed E-state index contributed by atoms with van der Waals surface area (Å²) < 4.78 is 10.4. The summed E-state index contributed by atoms with van der Waals surface area (Å²) in [5.74, 6) is -2.31.